The molecule has 122 valence electrons. The summed E-state index contributed by atoms with van der Waals surface area (Å²) >= 11 is 1.09. The monoisotopic (exact) mass is 342 g/mol. The first-order chi connectivity index (χ1) is 11.6. The van der Waals surface area contributed by atoms with E-state index in [9.17, 15) is 14.0 Å². The second-order valence-electron chi connectivity index (χ2n) is 4.70. The average molecular weight is 342 g/mol. The van der Waals surface area contributed by atoms with Crippen LogP contribution < -0.4 is 10.6 Å². The van der Waals surface area contributed by atoms with Crippen molar-refractivity contribution in [1.29, 1.82) is 0 Å². The third kappa shape index (κ3) is 4.86. The number of para-hydroxylation sites is 1. The molecule has 0 fully saturated rings. The van der Waals surface area contributed by atoms with E-state index < -0.39 is 0 Å². The van der Waals surface area contributed by atoms with Gasteiger partial charge in [-0.15, -0.1) is 18.2 Å². The lowest BCUT2D eigenvalue weighted by molar-refractivity contribution is -0.113. The number of amides is 2. The van der Waals surface area contributed by atoms with E-state index in [2.05, 4.69) is 16.6 Å². The van der Waals surface area contributed by atoms with Crippen molar-refractivity contribution >= 4 is 29.3 Å². The van der Waals surface area contributed by atoms with Crippen LogP contribution in [0.2, 0.25) is 0 Å². The topological polar surface area (TPSA) is 58.2 Å². The smallest absolute Gasteiger partial charge is 0.254 e. The molecule has 0 unspecified atom stereocenters. The van der Waals surface area contributed by atoms with Crippen LogP contribution in [-0.2, 0) is 4.79 Å². The molecular weight excluding hydrogens is 327 g/mol. The highest BCUT2D eigenvalue weighted by atomic mass is 32.2. The van der Waals surface area contributed by atoms with E-state index in [0.29, 0.717) is 16.1 Å². The molecule has 2 aromatic carbocycles. The number of rotatable bonds is 6. The summed E-state index contributed by atoms with van der Waals surface area (Å²) in [7, 11) is 0. The first-order valence-electron chi connectivity index (χ1n) is 7.09. The van der Waals surface area contributed by atoms with E-state index in [-0.39, 0.29) is 29.9 Å². The van der Waals surface area contributed by atoms with E-state index in [0.717, 1.165) is 11.8 Å². The molecule has 0 aliphatic heterocycles. The zero-order valence-corrected chi connectivity index (χ0v) is 13.5. The second-order valence-corrected chi connectivity index (χ2v) is 5.72. The summed E-state index contributed by atoms with van der Waals surface area (Å²) in [5, 5.41) is 5.21. The molecule has 2 rings (SSSR count). The van der Waals surface area contributed by atoms with Gasteiger partial charge >= 0.3 is 0 Å². The maximum Gasteiger partial charge on any atom is 0.254 e. The number of terminal acetylenes is 1. The minimum atomic E-state index is -0.371. The summed E-state index contributed by atoms with van der Waals surface area (Å²) in [6.07, 6.45) is 5.11. The van der Waals surface area contributed by atoms with Crippen LogP contribution in [0.5, 0.6) is 0 Å². The fourth-order valence-corrected chi connectivity index (χ4v) is 2.65. The van der Waals surface area contributed by atoms with E-state index in [4.69, 9.17) is 6.42 Å². The molecular formula is C18H15FN2O2S. The van der Waals surface area contributed by atoms with Crippen molar-refractivity contribution in [2.45, 2.75) is 4.90 Å². The molecule has 2 amide bonds. The Morgan fingerprint density at radius 2 is 1.83 bits per heavy atom. The van der Waals surface area contributed by atoms with Crippen LogP contribution in [0.1, 0.15) is 10.4 Å². The van der Waals surface area contributed by atoms with Crippen molar-refractivity contribution in [3.63, 3.8) is 0 Å². The molecule has 0 aliphatic carbocycles. The zero-order valence-electron chi connectivity index (χ0n) is 12.7. The van der Waals surface area contributed by atoms with E-state index in [1.807, 2.05) is 0 Å². The highest BCUT2D eigenvalue weighted by Gasteiger charge is 2.13. The van der Waals surface area contributed by atoms with Crippen molar-refractivity contribution in [3.05, 3.63) is 59.9 Å². The summed E-state index contributed by atoms with van der Waals surface area (Å²) < 4.78 is 13.5. The van der Waals surface area contributed by atoms with Gasteiger partial charge in [-0.2, -0.15) is 0 Å². The molecule has 0 saturated heterocycles. The van der Waals surface area contributed by atoms with E-state index in [1.165, 1.54) is 6.07 Å². The van der Waals surface area contributed by atoms with Gasteiger partial charge in [0.25, 0.3) is 5.91 Å². The first kappa shape index (κ1) is 17.6. The molecule has 24 heavy (non-hydrogen) atoms. The molecule has 0 spiro atoms. The highest BCUT2D eigenvalue weighted by molar-refractivity contribution is 8.00. The summed E-state index contributed by atoms with van der Waals surface area (Å²) in [5.74, 6) is 1.27. The number of hydrogen-bond acceptors (Lipinski definition) is 3. The van der Waals surface area contributed by atoms with Crippen LogP contribution in [-0.4, -0.2) is 24.1 Å². The Hall–Kier alpha value is -2.78. The number of carbonyl (C=O) groups is 2. The van der Waals surface area contributed by atoms with Crippen molar-refractivity contribution in [2.24, 2.45) is 0 Å². The molecule has 2 aromatic rings. The van der Waals surface area contributed by atoms with Gasteiger partial charge in [-0.3, -0.25) is 9.59 Å². The van der Waals surface area contributed by atoms with E-state index >= 15 is 0 Å². The van der Waals surface area contributed by atoms with Crippen molar-refractivity contribution in [3.8, 4) is 12.3 Å². The molecule has 0 radical (unpaired) electrons. The lowest BCUT2D eigenvalue weighted by Gasteiger charge is -2.10. The minimum absolute atomic E-state index is 0.0290. The van der Waals surface area contributed by atoms with Crippen LogP contribution in [0.25, 0.3) is 0 Å². The van der Waals surface area contributed by atoms with Crippen LogP contribution in [0, 0.1) is 18.2 Å². The van der Waals surface area contributed by atoms with E-state index in [1.54, 1.807) is 42.5 Å². The van der Waals surface area contributed by atoms with Gasteiger partial charge in [-0.05, 0) is 24.3 Å². The van der Waals surface area contributed by atoms with Gasteiger partial charge in [0.05, 0.1) is 23.5 Å². The fourth-order valence-electron chi connectivity index (χ4n) is 1.91. The van der Waals surface area contributed by atoms with Gasteiger partial charge in [-0.25, -0.2) is 4.39 Å². The van der Waals surface area contributed by atoms with Gasteiger partial charge < -0.3 is 10.6 Å². The lowest BCUT2D eigenvalue weighted by atomic mass is 10.1. The number of anilines is 1. The summed E-state index contributed by atoms with van der Waals surface area (Å²) in [6, 6.07) is 12.8. The maximum absolute atomic E-state index is 13.5. The Morgan fingerprint density at radius 3 is 2.58 bits per heavy atom. The number of thioether (sulfide) groups is 1. The third-order valence-electron chi connectivity index (χ3n) is 2.99. The van der Waals surface area contributed by atoms with Crippen LogP contribution in [0.3, 0.4) is 0 Å². The average Bonchev–Trinajstić information content (AvgIpc) is 2.59. The Bertz CT molecular complexity index is 787. The lowest BCUT2D eigenvalue weighted by Crippen LogP contribution is -2.25. The van der Waals surface area contributed by atoms with Gasteiger partial charge in [0, 0.05) is 4.90 Å². The molecule has 0 heterocycles. The molecule has 0 bridgehead atoms. The standard InChI is InChI=1S/C18H15FN2O2S/c1-2-11-20-18(23)13-7-3-5-9-15(13)21-17(22)12-24-16-10-6-4-8-14(16)19/h1,3-10H,11-12H2,(H,20,23)(H,21,22). The Balaban J connectivity index is 2.00. The van der Waals surface area contributed by atoms with Crippen molar-refractivity contribution in [2.75, 3.05) is 17.6 Å². The van der Waals surface area contributed by atoms with Crippen LogP contribution in [0.4, 0.5) is 10.1 Å². The quantitative estimate of drug-likeness (QED) is 0.627. The molecule has 0 aromatic heterocycles. The molecule has 0 aliphatic rings. The number of carbonyl (C=O) groups excluding carboxylic acids is 2. The van der Waals surface area contributed by atoms with Gasteiger partial charge in [0.15, 0.2) is 0 Å². The van der Waals surface area contributed by atoms with Gasteiger partial charge in [0.2, 0.25) is 5.91 Å². The predicted molar refractivity (Wildman–Crippen MR) is 93.4 cm³/mol. The van der Waals surface area contributed by atoms with Crippen molar-refractivity contribution < 1.29 is 14.0 Å². The van der Waals surface area contributed by atoms with Crippen molar-refractivity contribution in [1.82, 2.24) is 5.32 Å². The highest BCUT2D eigenvalue weighted by Crippen LogP contribution is 2.22. The number of hydrogen-bond donors (Lipinski definition) is 2. The molecule has 6 heteroatoms. The summed E-state index contributed by atoms with van der Waals surface area (Å²) in [5.41, 5.74) is 0.697. The number of nitrogens with one attached hydrogen (secondary N) is 2. The fraction of sp³-hybridized carbons (Fsp3) is 0.111. The van der Waals surface area contributed by atoms with Gasteiger partial charge in [-0.1, -0.05) is 30.2 Å². The van der Waals surface area contributed by atoms with Crippen LogP contribution in [0.15, 0.2) is 53.4 Å². The Labute approximate surface area is 143 Å². The normalized spacial score (nSPS) is 9.83. The molecule has 0 atom stereocenters. The molecule has 0 saturated carbocycles. The van der Waals surface area contributed by atoms with Gasteiger partial charge in [0.1, 0.15) is 5.82 Å². The number of benzene rings is 2. The maximum atomic E-state index is 13.5. The predicted octanol–water partition coefficient (Wildman–Crippen LogP) is 2.92. The third-order valence-corrected chi connectivity index (χ3v) is 4.04. The minimum Gasteiger partial charge on any atom is -0.341 e. The molecule has 2 N–H and O–H groups in total. The summed E-state index contributed by atoms with van der Waals surface area (Å²) in [6.45, 7) is 0.101. The first-order valence-corrected chi connectivity index (χ1v) is 8.08. The molecule has 4 nitrogen and oxygen atoms in total. The largest absolute Gasteiger partial charge is 0.341 e. The SMILES string of the molecule is C#CCNC(=O)c1ccccc1NC(=O)CSc1ccccc1F. The number of halogens is 1. The Kier molecular flexibility index (Phi) is 6.41. The zero-order chi connectivity index (χ0) is 17.4. The second kappa shape index (κ2) is 8.75. The van der Waals surface area contributed by atoms with Crippen LogP contribution >= 0.6 is 11.8 Å². The Morgan fingerprint density at radius 1 is 1.12 bits per heavy atom. The summed E-state index contributed by atoms with van der Waals surface area (Å²) in [4.78, 5) is 24.5.